The van der Waals surface area contributed by atoms with Gasteiger partial charge in [-0.05, 0) is 28.5 Å². The number of nitrogens with one attached hydrogen (secondary N) is 1. The van der Waals surface area contributed by atoms with Crippen molar-refractivity contribution in [3.8, 4) is 5.75 Å². The molecule has 0 spiro atoms. The van der Waals surface area contributed by atoms with E-state index in [1.54, 1.807) is 30.0 Å². The minimum absolute atomic E-state index is 0.142. The molecule has 26 heavy (non-hydrogen) atoms. The summed E-state index contributed by atoms with van der Waals surface area (Å²) in [6.45, 7) is 0.142. The smallest absolute Gasteiger partial charge is 0.208 e. The standard InChI is InChI=1S/C20H16FN3OS/c21-17-10-3-4-11-18(17)25-12-19-22-20(24-23-19)26-13-15-8-5-7-14-6-1-2-9-16(14)15/h1-11H,12-13H2,(H,22,23,24). The Morgan fingerprint density at radius 2 is 1.77 bits per heavy atom. The van der Waals surface area contributed by atoms with Gasteiger partial charge in [-0.3, -0.25) is 5.10 Å². The van der Waals surface area contributed by atoms with Gasteiger partial charge in [0, 0.05) is 5.75 Å². The van der Waals surface area contributed by atoms with E-state index in [0.29, 0.717) is 11.0 Å². The number of benzene rings is 3. The summed E-state index contributed by atoms with van der Waals surface area (Å²) in [4.78, 5) is 4.40. The van der Waals surface area contributed by atoms with Gasteiger partial charge in [0.25, 0.3) is 0 Å². The van der Waals surface area contributed by atoms with Crippen molar-refractivity contribution in [1.29, 1.82) is 0 Å². The summed E-state index contributed by atoms with van der Waals surface area (Å²) in [5.41, 5.74) is 1.24. The molecule has 0 radical (unpaired) electrons. The maximum Gasteiger partial charge on any atom is 0.208 e. The first kappa shape index (κ1) is 16.6. The zero-order valence-corrected chi connectivity index (χ0v) is 14.7. The number of para-hydroxylation sites is 1. The van der Waals surface area contributed by atoms with E-state index in [1.165, 1.54) is 22.4 Å². The molecule has 0 fully saturated rings. The van der Waals surface area contributed by atoms with Crippen LogP contribution in [0.3, 0.4) is 0 Å². The lowest BCUT2D eigenvalue weighted by Gasteiger charge is -2.05. The number of hydrogen-bond acceptors (Lipinski definition) is 4. The Balaban J connectivity index is 1.40. The largest absolute Gasteiger partial charge is 0.483 e. The highest BCUT2D eigenvalue weighted by Gasteiger charge is 2.08. The molecular weight excluding hydrogens is 349 g/mol. The summed E-state index contributed by atoms with van der Waals surface area (Å²) in [5, 5.41) is 10.1. The zero-order chi connectivity index (χ0) is 17.8. The predicted molar refractivity (Wildman–Crippen MR) is 101 cm³/mol. The van der Waals surface area contributed by atoms with Crippen molar-refractivity contribution in [2.45, 2.75) is 17.5 Å². The number of aromatic amines is 1. The Morgan fingerprint density at radius 3 is 2.69 bits per heavy atom. The fourth-order valence-electron chi connectivity index (χ4n) is 2.68. The molecule has 0 amide bonds. The van der Waals surface area contributed by atoms with Crippen molar-refractivity contribution in [3.63, 3.8) is 0 Å². The number of H-pyrrole nitrogens is 1. The van der Waals surface area contributed by atoms with Crippen molar-refractivity contribution in [2.24, 2.45) is 0 Å². The third kappa shape index (κ3) is 3.70. The first-order valence-electron chi connectivity index (χ1n) is 8.17. The Hall–Kier alpha value is -2.86. The second-order valence-corrected chi connectivity index (χ2v) is 6.65. The molecule has 0 aliphatic heterocycles. The van der Waals surface area contributed by atoms with Crippen molar-refractivity contribution in [3.05, 3.63) is 83.9 Å². The Labute approximate surface area is 154 Å². The molecule has 0 aliphatic rings. The minimum atomic E-state index is -0.391. The van der Waals surface area contributed by atoms with E-state index in [2.05, 4.69) is 45.5 Å². The summed E-state index contributed by atoms with van der Waals surface area (Å²) < 4.78 is 19.0. The first-order chi connectivity index (χ1) is 12.8. The second-order valence-electron chi connectivity index (χ2n) is 5.71. The number of thioether (sulfide) groups is 1. The molecule has 0 unspecified atom stereocenters. The number of aromatic nitrogens is 3. The molecule has 0 bridgehead atoms. The van der Waals surface area contributed by atoms with E-state index in [9.17, 15) is 4.39 Å². The van der Waals surface area contributed by atoms with Crippen LogP contribution in [0.2, 0.25) is 0 Å². The molecule has 0 saturated heterocycles. The quantitative estimate of drug-likeness (QED) is 0.490. The second kappa shape index (κ2) is 7.58. The fourth-order valence-corrected chi connectivity index (χ4v) is 3.50. The molecule has 3 aromatic carbocycles. The SMILES string of the molecule is Fc1ccccc1OCc1nc(SCc2cccc3ccccc23)n[nH]1. The first-order valence-corrected chi connectivity index (χ1v) is 9.16. The highest BCUT2D eigenvalue weighted by atomic mass is 32.2. The van der Waals surface area contributed by atoms with Crippen LogP contribution in [-0.2, 0) is 12.4 Å². The number of hydrogen-bond donors (Lipinski definition) is 1. The summed E-state index contributed by atoms with van der Waals surface area (Å²) >= 11 is 1.55. The van der Waals surface area contributed by atoms with Gasteiger partial charge in [0.05, 0.1) is 0 Å². The molecule has 0 saturated carbocycles. The van der Waals surface area contributed by atoms with Gasteiger partial charge in [-0.25, -0.2) is 9.37 Å². The van der Waals surface area contributed by atoms with Crippen molar-refractivity contribution in [2.75, 3.05) is 0 Å². The zero-order valence-electron chi connectivity index (χ0n) is 13.9. The van der Waals surface area contributed by atoms with Crippen molar-refractivity contribution < 1.29 is 9.13 Å². The van der Waals surface area contributed by atoms with Gasteiger partial charge in [0.1, 0.15) is 6.61 Å². The number of halogens is 1. The van der Waals surface area contributed by atoms with Crippen LogP contribution in [0.5, 0.6) is 5.75 Å². The Kier molecular flexibility index (Phi) is 4.84. The van der Waals surface area contributed by atoms with E-state index in [-0.39, 0.29) is 12.4 Å². The molecule has 1 heterocycles. The Bertz CT molecular complexity index is 1030. The van der Waals surface area contributed by atoms with E-state index < -0.39 is 5.82 Å². The van der Waals surface area contributed by atoms with Gasteiger partial charge < -0.3 is 4.74 Å². The van der Waals surface area contributed by atoms with E-state index in [4.69, 9.17) is 4.74 Å². The van der Waals surface area contributed by atoms with Crippen LogP contribution in [0.15, 0.2) is 71.9 Å². The van der Waals surface area contributed by atoms with Crippen molar-refractivity contribution in [1.82, 2.24) is 15.2 Å². The van der Waals surface area contributed by atoms with Gasteiger partial charge in [-0.15, -0.1) is 5.10 Å². The van der Waals surface area contributed by atoms with Gasteiger partial charge in [-0.2, -0.15) is 0 Å². The number of ether oxygens (including phenoxy) is 1. The van der Waals surface area contributed by atoms with Crippen molar-refractivity contribution >= 4 is 22.5 Å². The molecule has 4 nitrogen and oxygen atoms in total. The van der Waals surface area contributed by atoms with Crippen LogP contribution in [-0.4, -0.2) is 15.2 Å². The summed E-state index contributed by atoms with van der Waals surface area (Å²) in [6, 6.07) is 20.9. The van der Waals surface area contributed by atoms with Gasteiger partial charge in [0.2, 0.25) is 5.16 Å². The van der Waals surface area contributed by atoms with Gasteiger partial charge in [0.15, 0.2) is 17.4 Å². The average molecular weight is 365 g/mol. The molecule has 1 N–H and O–H groups in total. The maximum atomic E-state index is 13.6. The van der Waals surface area contributed by atoms with Gasteiger partial charge >= 0.3 is 0 Å². The van der Waals surface area contributed by atoms with Crippen LogP contribution in [0.4, 0.5) is 4.39 Å². The predicted octanol–water partition coefficient (Wildman–Crippen LogP) is 4.97. The lowest BCUT2D eigenvalue weighted by molar-refractivity contribution is 0.281. The number of rotatable bonds is 6. The monoisotopic (exact) mass is 365 g/mol. The molecule has 0 atom stereocenters. The molecule has 4 rings (SSSR count). The normalized spacial score (nSPS) is 11.0. The third-order valence-corrected chi connectivity index (χ3v) is 4.85. The summed E-state index contributed by atoms with van der Waals surface area (Å²) in [6.07, 6.45) is 0. The minimum Gasteiger partial charge on any atom is -0.483 e. The van der Waals surface area contributed by atoms with Crippen LogP contribution in [0, 0.1) is 5.82 Å². The highest BCUT2D eigenvalue weighted by Crippen LogP contribution is 2.25. The third-order valence-electron chi connectivity index (χ3n) is 3.95. The molecule has 130 valence electrons. The topological polar surface area (TPSA) is 50.8 Å². The average Bonchev–Trinajstić information content (AvgIpc) is 3.13. The van der Waals surface area contributed by atoms with Crippen LogP contribution >= 0.6 is 11.8 Å². The van der Waals surface area contributed by atoms with Crippen LogP contribution in [0.1, 0.15) is 11.4 Å². The van der Waals surface area contributed by atoms with Crippen LogP contribution in [0.25, 0.3) is 10.8 Å². The fraction of sp³-hybridized carbons (Fsp3) is 0.100. The summed E-state index contributed by atoms with van der Waals surface area (Å²) in [7, 11) is 0. The van der Waals surface area contributed by atoms with E-state index >= 15 is 0 Å². The molecule has 4 aromatic rings. The maximum absolute atomic E-state index is 13.6. The summed E-state index contributed by atoms with van der Waals surface area (Å²) in [5.74, 6) is 1.15. The highest BCUT2D eigenvalue weighted by molar-refractivity contribution is 7.98. The number of nitrogens with zero attached hydrogens (tertiary/aromatic N) is 2. The lowest BCUT2D eigenvalue weighted by atomic mass is 10.1. The van der Waals surface area contributed by atoms with E-state index in [1.807, 2.05) is 12.1 Å². The van der Waals surface area contributed by atoms with Gasteiger partial charge in [-0.1, -0.05) is 66.4 Å². The lowest BCUT2D eigenvalue weighted by Crippen LogP contribution is -1.99. The Morgan fingerprint density at radius 1 is 0.962 bits per heavy atom. The molecular formula is C20H16FN3OS. The van der Waals surface area contributed by atoms with Crippen LogP contribution < -0.4 is 4.74 Å². The molecule has 6 heteroatoms. The van der Waals surface area contributed by atoms with E-state index in [0.717, 1.165) is 5.75 Å². The molecule has 0 aliphatic carbocycles. The number of fused-ring (bicyclic) bond motifs is 1. The molecule has 1 aromatic heterocycles.